The third kappa shape index (κ3) is 4.82. The minimum atomic E-state index is 0.441. The summed E-state index contributed by atoms with van der Waals surface area (Å²) in [5.74, 6) is 0.785. The lowest BCUT2D eigenvalue weighted by atomic mass is 10.00. The Morgan fingerprint density at radius 1 is 1.38 bits per heavy atom. The van der Waals surface area contributed by atoms with Crippen LogP contribution < -0.4 is 0 Å². The van der Waals surface area contributed by atoms with Gasteiger partial charge >= 0.3 is 0 Å². The van der Waals surface area contributed by atoms with Crippen molar-refractivity contribution in [1.82, 2.24) is 14.7 Å². The first-order valence-corrected chi connectivity index (χ1v) is 8.36. The van der Waals surface area contributed by atoms with E-state index in [4.69, 9.17) is 4.74 Å². The van der Waals surface area contributed by atoms with E-state index >= 15 is 0 Å². The van der Waals surface area contributed by atoms with Crippen molar-refractivity contribution < 1.29 is 4.74 Å². The second-order valence-electron chi connectivity index (χ2n) is 6.69. The van der Waals surface area contributed by atoms with E-state index in [2.05, 4.69) is 41.6 Å². The second-order valence-corrected chi connectivity index (χ2v) is 6.69. The van der Waals surface area contributed by atoms with Gasteiger partial charge in [0.1, 0.15) is 0 Å². The van der Waals surface area contributed by atoms with Crippen LogP contribution in [0.2, 0.25) is 0 Å². The Hall–Kier alpha value is -0.870. The summed E-state index contributed by atoms with van der Waals surface area (Å²) in [7, 11) is 1.80. The Kier molecular flexibility index (Phi) is 6.24. The summed E-state index contributed by atoms with van der Waals surface area (Å²) in [5, 5.41) is 4.64. The molecule has 4 nitrogen and oxygen atoms in total. The first kappa shape index (κ1) is 16.5. The van der Waals surface area contributed by atoms with Gasteiger partial charge in [-0.05, 0) is 52.5 Å². The average molecular weight is 293 g/mol. The second kappa shape index (κ2) is 7.95. The van der Waals surface area contributed by atoms with E-state index in [0.717, 1.165) is 19.1 Å². The van der Waals surface area contributed by atoms with Crippen LogP contribution in [0.5, 0.6) is 0 Å². The highest BCUT2D eigenvalue weighted by Gasteiger charge is 2.19. The highest BCUT2D eigenvalue weighted by Crippen LogP contribution is 2.22. The van der Waals surface area contributed by atoms with Gasteiger partial charge in [-0.1, -0.05) is 6.42 Å². The van der Waals surface area contributed by atoms with Crippen LogP contribution in [-0.2, 0) is 11.3 Å². The van der Waals surface area contributed by atoms with Crippen LogP contribution in [0.4, 0.5) is 0 Å². The van der Waals surface area contributed by atoms with E-state index in [1.807, 2.05) is 0 Å². The summed E-state index contributed by atoms with van der Waals surface area (Å²) in [4.78, 5) is 2.61. The zero-order chi connectivity index (χ0) is 15.2. The summed E-state index contributed by atoms with van der Waals surface area (Å²) >= 11 is 0. The molecule has 0 radical (unpaired) electrons. The van der Waals surface area contributed by atoms with Crippen molar-refractivity contribution in [1.29, 1.82) is 0 Å². The molecule has 2 rings (SSSR count). The molecule has 1 fully saturated rings. The monoisotopic (exact) mass is 293 g/mol. The summed E-state index contributed by atoms with van der Waals surface area (Å²) in [6, 6.07) is 0.441. The predicted octanol–water partition coefficient (Wildman–Crippen LogP) is 3.41. The highest BCUT2D eigenvalue weighted by molar-refractivity contribution is 5.15. The smallest absolute Gasteiger partial charge is 0.0638 e. The molecule has 0 spiro atoms. The molecule has 1 atom stereocenters. The largest absolute Gasteiger partial charge is 0.385 e. The van der Waals surface area contributed by atoms with Crippen LogP contribution >= 0.6 is 0 Å². The molecule has 0 amide bonds. The molecule has 4 heteroatoms. The third-order valence-corrected chi connectivity index (χ3v) is 4.52. The SMILES string of the molecule is COCC[C@H]1CCCCN(Cc2cn(C(C)C)nc2C)C1. The van der Waals surface area contributed by atoms with Crippen molar-refractivity contribution in [3.63, 3.8) is 0 Å². The number of aryl methyl sites for hydroxylation is 1. The fraction of sp³-hybridized carbons (Fsp3) is 0.824. The van der Waals surface area contributed by atoms with E-state index in [9.17, 15) is 0 Å². The topological polar surface area (TPSA) is 30.3 Å². The molecule has 1 saturated heterocycles. The van der Waals surface area contributed by atoms with Crippen molar-refractivity contribution in [3.05, 3.63) is 17.5 Å². The lowest BCUT2D eigenvalue weighted by molar-refractivity contribution is 0.158. The number of hydrogen-bond acceptors (Lipinski definition) is 3. The number of aromatic nitrogens is 2. The van der Waals surface area contributed by atoms with Crippen LogP contribution in [0, 0.1) is 12.8 Å². The van der Waals surface area contributed by atoms with Gasteiger partial charge in [-0.25, -0.2) is 0 Å². The number of likely N-dealkylation sites (tertiary alicyclic amines) is 1. The summed E-state index contributed by atoms with van der Waals surface area (Å²) < 4.78 is 7.34. The average Bonchev–Trinajstić information content (AvgIpc) is 2.68. The van der Waals surface area contributed by atoms with Crippen molar-refractivity contribution >= 4 is 0 Å². The Labute approximate surface area is 129 Å². The zero-order valence-corrected chi connectivity index (χ0v) is 14.1. The molecule has 0 saturated carbocycles. The van der Waals surface area contributed by atoms with Gasteiger partial charge in [-0.2, -0.15) is 5.10 Å². The van der Waals surface area contributed by atoms with Crippen LogP contribution in [-0.4, -0.2) is 41.5 Å². The van der Waals surface area contributed by atoms with Crippen molar-refractivity contribution in [2.24, 2.45) is 5.92 Å². The predicted molar refractivity (Wildman–Crippen MR) is 86.5 cm³/mol. The summed E-state index contributed by atoms with van der Waals surface area (Å²) in [6.45, 7) is 10.9. The van der Waals surface area contributed by atoms with E-state index in [0.29, 0.717) is 6.04 Å². The van der Waals surface area contributed by atoms with Crippen LogP contribution in [0.25, 0.3) is 0 Å². The van der Waals surface area contributed by atoms with Crippen molar-refractivity contribution in [2.75, 3.05) is 26.8 Å². The fourth-order valence-corrected chi connectivity index (χ4v) is 3.16. The first-order chi connectivity index (χ1) is 10.1. The highest BCUT2D eigenvalue weighted by atomic mass is 16.5. The van der Waals surface area contributed by atoms with Crippen LogP contribution in [0.3, 0.4) is 0 Å². The molecule has 0 aliphatic carbocycles. The van der Waals surface area contributed by atoms with E-state index in [-0.39, 0.29) is 0 Å². The fourth-order valence-electron chi connectivity index (χ4n) is 3.16. The van der Waals surface area contributed by atoms with Crippen LogP contribution in [0.15, 0.2) is 6.20 Å². The molecule has 2 heterocycles. The van der Waals surface area contributed by atoms with E-state index < -0.39 is 0 Å². The minimum Gasteiger partial charge on any atom is -0.385 e. The molecule has 0 aromatic carbocycles. The molecule has 1 aliphatic rings. The molecule has 120 valence electrons. The Bertz CT molecular complexity index is 428. The molecule has 0 N–H and O–H groups in total. The first-order valence-electron chi connectivity index (χ1n) is 8.36. The van der Waals surface area contributed by atoms with Gasteiger partial charge in [-0.15, -0.1) is 0 Å². The molecule has 0 bridgehead atoms. The molecule has 1 aliphatic heterocycles. The molecular weight excluding hydrogens is 262 g/mol. The normalized spacial score (nSPS) is 20.9. The number of nitrogens with zero attached hydrogens (tertiary/aromatic N) is 3. The number of hydrogen-bond donors (Lipinski definition) is 0. The standard InChI is InChI=1S/C17H31N3O/c1-14(2)20-13-17(15(3)18-20)12-19-9-6-5-7-16(11-19)8-10-21-4/h13-14,16H,5-12H2,1-4H3/t16-/m1/s1. The molecule has 0 unspecified atom stereocenters. The van der Waals surface area contributed by atoms with Gasteiger partial charge in [0.05, 0.1) is 5.69 Å². The number of rotatable bonds is 6. The summed E-state index contributed by atoms with van der Waals surface area (Å²) in [6.07, 6.45) is 7.45. The van der Waals surface area contributed by atoms with Crippen LogP contribution in [0.1, 0.15) is 56.8 Å². The zero-order valence-electron chi connectivity index (χ0n) is 14.1. The van der Waals surface area contributed by atoms with Gasteiger partial charge in [-0.3, -0.25) is 9.58 Å². The maximum atomic E-state index is 5.26. The van der Waals surface area contributed by atoms with E-state index in [1.165, 1.54) is 50.0 Å². The Morgan fingerprint density at radius 3 is 2.86 bits per heavy atom. The quantitative estimate of drug-likeness (QED) is 0.805. The van der Waals surface area contributed by atoms with Gasteiger partial charge in [0.15, 0.2) is 0 Å². The lowest BCUT2D eigenvalue weighted by Gasteiger charge is -2.24. The number of ether oxygens (including phenoxy) is 1. The van der Waals surface area contributed by atoms with Gasteiger partial charge in [0.2, 0.25) is 0 Å². The molecule has 1 aromatic rings. The van der Waals surface area contributed by atoms with Crippen molar-refractivity contribution in [3.8, 4) is 0 Å². The third-order valence-electron chi connectivity index (χ3n) is 4.52. The van der Waals surface area contributed by atoms with E-state index in [1.54, 1.807) is 7.11 Å². The Morgan fingerprint density at radius 2 is 2.19 bits per heavy atom. The van der Waals surface area contributed by atoms with Gasteiger partial charge in [0, 0.05) is 44.6 Å². The van der Waals surface area contributed by atoms with Gasteiger partial charge in [0.25, 0.3) is 0 Å². The molecule has 1 aromatic heterocycles. The van der Waals surface area contributed by atoms with Gasteiger partial charge < -0.3 is 4.74 Å². The lowest BCUT2D eigenvalue weighted by Crippen LogP contribution is -2.28. The summed E-state index contributed by atoms with van der Waals surface area (Å²) in [5.41, 5.74) is 2.57. The maximum absolute atomic E-state index is 5.26. The minimum absolute atomic E-state index is 0.441. The number of methoxy groups -OCH3 is 1. The molecular formula is C17H31N3O. The Balaban J connectivity index is 1.96. The maximum Gasteiger partial charge on any atom is 0.0638 e. The molecule has 21 heavy (non-hydrogen) atoms. The van der Waals surface area contributed by atoms with Crippen molar-refractivity contribution in [2.45, 2.75) is 59.0 Å².